The Kier molecular flexibility index (Phi) is 13.7. The van der Waals surface area contributed by atoms with Crippen molar-refractivity contribution >= 4 is 12.3 Å². The lowest BCUT2D eigenvalue weighted by atomic mass is 9.31. The number of nitrogens with one attached hydrogen (secondary N) is 1. The Bertz CT molecular complexity index is 1790. The molecule has 17 atom stereocenters. The monoisotopic (exact) mass is 870 g/mol. The average molecular weight is 870 g/mol. The van der Waals surface area contributed by atoms with E-state index in [4.69, 9.17) is 14.2 Å². The quantitative estimate of drug-likeness (QED) is 0.0693. The van der Waals surface area contributed by atoms with E-state index in [-0.39, 0.29) is 61.9 Å². The summed E-state index contributed by atoms with van der Waals surface area (Å²) in [7, 11) is 1.90. The number of carbonyl (C=O) groups excluding carboxylic acids is 1. The van der Waals surface area contributed by atoms with E-state index >= 15 is 0 Å². The number of aliphatic hydroxyl groups is 6. The number of carboxylic acid groups (broad SMARTS) is 1. The van der Waals surface area contributed by atoms with E-state index in [1.807, 2.05) is 26.1 Å². The predicted octanol–water partition coefficient (Wildman–Crippen LogP) is 4.51. The standard InChI is InChI=1S/C49H75NO12/c1-44(27-52)16-18-49(43(58)59)19-17-47(4)33(34(49)22-44)21-31(11-12-32(54)14-20-51)40-45(2)23-36(60-25-30-9-7-29(8-10-30)24-50-6)41(62-42-39(57)38(56)35(55)26-61-42)46(3,28-53)37(45)13-15-48(40,47)5/h7-10,20-21,31-32,34-42,50,52-57H,11-19,22-28H2,1-6H3,(H,58,59)/t31-,32+,34+,35-,36-,37+,38+,39-,40-,41-,42+,44+,45+,46+,47-,48-,49+/m1/s1. The first-order chi connectivity index (χ1) is 29.3. The number of carbonyl (C=O) groups is 2. The SMILES string of the molecule is CNCc1ccc(CO[C@@H]2C[C@@]3(C)[C@H](CC[C@]4(C)[C@@H]3[C@H](CC[C@H](O)CC=O)C=C3[C@@H]5C[C@@](C)(CO)CC[C@]5(C(=O)O)CC[C@]34C)[C@](C)(CO)[C@@H]2O[C@@H]2OC[C@@H](O)[C@H](O)[C@H]2O)cc1. The first-order valence-electron chi connectivity index (χ1n) is 23.2. The van der Waals surface area contributed by atoms with E-state index in [0.29, 0.717) is 51.4 Å². The Morgan fingerprint density at radius 3 is 2.29 bits per heavy atom. The number of fused-ring (bicyclic) bond motifs is 7. The van der Waals surface area contributed by atoms with Crippen molar-refractivity contribution in [2.45, 2.75) is 161 Å². The molecule has 1 heterocycles. The second kappa shape index (κ2) is 17.8. The Hall–Kier alpha value is -2.30. The molecule has 0 amide bonds. The minimum absolute atomic E-state index is 0.0168. The normalized spacial score (nSPS) is 45.7. The van der Waals surface area contributed by atoms with Gasteiger partial charge in [0.25, 0.3) is 0 Å². The highest BCUT2D eigenvalue weighted by molar-refractivity contribution is 5.76. The molecule has 348 valence electrons. The van der Waals surface area contributed by atoms with Crippen molar-refractivity contribution in [2.24, 2.45) is 56.2 Å². The van der Waals surface area contributed by atoms with Crippen LogP contribution in [0.2, 0.25) is 0 Å². The van der Waals surface area contributed by atoms with Crippen LogP contribution in [0.5, 0.6) is 0 Å². The number of hydrogen-bond donors (Lipinski definition) is 8. The zero-order chi connectivity index (χ0) is 45.0. The number of hydrogen-bond acceptors (Lipinski definition) is 12. The lowest BCUT2D eigenvalue weighted by Crippen LogP contribution is -2.70. The molecule has 0 unspecified atom stereocenters. The molecular formula is C49H75NO12. The Balaban J connectivity index is 1.34. The zero-order valence-corrected chi connectivity index (χ0v) is 37.8. The first kappa shape index (κ1) is 47.7. The summed E-state index contributed by atoms with van der Waals surface area (Å²) >= 11 is 0. The molecule has 13 nitrogen and oxygen atoms in total. The number of allylic oxidation sites excluding steroid dienone is 2. The lowest BCUT2D eigenvalue weighted by molar-refractivity contribution is -0.334. The van der Waals surface area contributed by atoms with Crippen molar-refractivity contribution in [1.82, 2.24) is 5.32 Å². The summed E-state index contributed by atoms with van der Waals surface area (Å²) in [6, 6.07) is 8.18. The maximum absolute atomic E-state index is 13.5. The Morgan fingerprint density at radius 1 is 0.952 bits per heavy atom. The molecule has 1 aromatic carbocycles. The van der Waals surface area contributed by atoms with Crippen LogP contribution in [0.4, 0.5) is 0 Å². The average Bonchev–Trinajstić information content (AvgIpc) is 3.24. The number of rotatable bonds is 15. The molecule has 0 spiro atoms. The molecule has 0 radical (unpaired) electrons. The molecule has 5 fully saturated rings. The van der Waals surface area contributed by atoms with Crippen LogP contribution in [-0.2, 0) is 37.0 Å². The highest BCUT2D eigenvalue weighted by Crippen LogP contribution is 2.77. The van der Waals surface area contributed by atoms with E-state index < -0.39 is 76.0 Å². The van der Waals surface area contributed by atoms with Gasteiger partial charge in [0, 0.05) is 25.0 Å². The van der Waals surface area contributed by atoms with Crippen molar-refractivity contribution in [3.8, 4) is 0 Å². The van der Waals surface area contributed by atoms with E-state index in [2.05, 4.69) is 51.2 Å². The molecule has 6 aliphatic rings. The Labute approximate surface area is 367 Å². The summed E-state index contributed by atoms with van der Waals surface area (Å²) in [4.78, 5) is 25.1. The third-order valence-corrected chi connectivity index (χ3v) is 18.2. The van der Waals surface area contributed by atoms with Crippen LogP contribution in [-0.4, -0.2) is 118 Å². The van der Waals surface area contributed by atoms with Gasteiger partial charge in [-0.1, -0.05) is 70.5 Å². The van der Waals surface area contributed by atoms with Gasteiger partial charge in [0.05, 0.1) is 43.5 Å². The van der Waals surface area contributed by atoms with Gasteiger partial charge in [-0.25, -0.2) is 0 Å². The highest BCUT2D eigenvalue weighted by Gasteiger charge is 2.72. The van der Waals surface area contributed by atoms with Gasteiger partial charge in [0.15, 0.2) is 6.29 Å². The summed E-state index contributed by atoms with van der Waals surface area (Å²) in [5.74, 6) is -1.31. The maximum Gasteiger partial charge on any atom is 0.310 e. The second-order valence-corrected chi connectivity index (χ2v) is 21.8. The fraction of sp³-hybridized carbons (Fsp3) is 0.796. The van der Waals surface area contributed by atoms with Crippen molar-refractivity contribution in [3.63, 3.8) is 0 Å². The maximum atomic E-state index is 13.5. The van der Waals surface area contributed by atoms with Crippen LogP contribution in [0.15, 0.2) is 35.9 Å². The Morgan fingerprint density at radius 2 is 1.65 bits per heavy atom. The summed E-state index contributed by atoms with van der Waals surface area (Å²) in [5.41, 5.74) is -0.304. The van der Waals surface area contributed by atoms with Gasteiger partial charge in [-0.3, -0.25) is 4.79 Å². The molecule has 0 aromatic heterocycles. The van der Waals surface area contributed by atoms with Gasteiger partial charge >= 0.3 is 5.97 Å². The van der Waals surface area contributed by atoms with Crippen LogP contribution in [0.1, 0.15) is 116 Å². The van der Waals surface area contributed by atoms with Crippen LogP contribution < -0.4 is 5.32 Å². The van der Waals surface area contributed by atoms with Gasteiger partial charge < -0.3 is 60.1 Å². The lowest BCUT2D eigenvalue weighted by Gasteiger charge is -2.73. The molecule has 62 heavy (non-hydrogen) atoms. The van der Waals surface area contributed by atoms with Gasteiger partial charge in [-0.2, -0.15) is 0 Å². The fourth-order valence-corrected chi connectivity index (χ4v) is 14.6. The number of ether oxygens (including phenoxy) is 3. The smallest absolute Gasteiger partial charge is 0.310 e. The highest BCUT2D eigenvalue weighted by atomic mass is 16.7. The number of aliphatic hydroxyl groups excluding tert-OH is 6. The summed E-state index contributed by atoms with van der Waals surface area (Å²) in [5, 5.41) is 79.8. The third-order valence-electron chi connectivity index (χ3n) is 18.2. The van der Waals surface area contributed by atoms with Gasteiger partial charge in [-0.15, -0.1) is 0 Å². The van der Waals surface area contributed by atoms with E-state index in [1.165, 1.54) is 5.57 Å². The zero-order valence-electron chi connectivity index (χ0n) is 37.8. The van der Waals surface area contributed by atoms with E-state index in [0.717, 1.165) is 36.8 Å². The predicted molar refractivity (Wildman–Crippen MR) is 230 cm³/mol. The van der Waals surface area contributed by atoms with E-state index in [9.17, 15) is 45.3 Å². The van der Waals surface area contributed by atoms with Crippen LogP contribution in [0.25, 0.3) is 0 Å². The molecule has 0 bridgehead atoms. The van der Waals surface area contributed by atoms with Gasteiger partial charge in [0.2, 0.25) is 0 Å². The molecule has 7 rings (SSSR count). The topological polar surface area (TPSA) is 215 Å². The minimum atomic E-state index is -1.54. The molecular weight excluding hydrogens is 795 g/mol. The number of carboxylic acids is 1. The molecule has 1 aliphatic heterocycles. The summed E-state index contributed by atoms with van der Waals surface area (Å²) in [6.07, 6.45) is 1.27. The molecule has 5 aliphatic carbocycles. The van der Waals surface area contributed by atoms with Crippen LogP contribution >= 0.6 is 0 Å². The second-order valence-electron chi connectivity index (χ2n) is 21.8. The van der Waals surface area contributed by atoms with Gasteiger partial charge in [-0.05, 0) is 128 Å². The van der Waals surface area contributed by atoms with Crippen molar-refractivity contribution in [3.05, 3.63) is 47.0 Å². The first-order valence-corrected chi connectivity index (χ1v) is 23.2. The van der Waals surface area contributed by atoms with Crippen molar-refractivity contribution in [1.29, 1.82) is 0 Å². The van der Waals surface area contributed by atoms with Crippen molar-refractivity contribution in [2.75, 3.05) is 26.9 Å². The third kappa shape index (κ3) is 7.85. The van der Waals surface area contributed by atoms with Crippen LogP contribution in [0.3, 0.4) is 0 Å². The summed E-state index contributed by atoms with van der Waals surface area (Å²) < 4.78 is 19.6. The molecule has 1 saturated heterocycles. The minimum Gasteiger partial charge on any atom is -0.481 e. The van der Waals surface area contributed by atoms with Crippen LogP contribution in [0, 0.1) is 56.2 Å². The number of aldehydes is 1. The number of benzene rings is 1. The van der Waals surface area contributed by atoms with Gasteiger partial charge in [0.1, 0.15) is 24.6 Å². The molecule has 1 aromatic rings. The fourth-order valence-electron chi connectivity index (χ4n) is 14.6. The largest absolute Gasteiger partial charge is 0.481 e. The summed E-state index contributed by atoms with van der Waals surface area (Å²) in [6.45, 7) is 11.6. The van der Waals surface area contributed by atoms with Crippen molar-refractivity contribution < 1.29 is 59.5 Å². The molecule has 8 N–H and O–H groups in total. The molecule has 4 saturated carbocycles. The molecule has 13 heteroatoms. The van der Waals surface area contributed by atoms with E-state index in [1.54, 1.807) is 0 Å². The number of aliphatic carboxylic acids is 1.